The first-order valence-corrected chi connectivity index (χ1v) is 10.4. The van der Waals surface area contributed by atoms with Crippen LogP contribution in [0.5, 0.6) is 5.75 Å². The topological polar surface area (TPSA) is 77.4 Å². The summed E-state index contributed by atoms with van der Waals surface area (Å²) in [7, 11) is 0. The number of benzene rings is 1. The van der Waals surface area contributed by atoms with Crippen LogP contribution in [0.4, 0.5) is 18.9 Å². The van der Waals surface area contributed by atoms with Crippen LogP contribution in [0, 0.1) is 0 Å². The zero-order valence-electron chi connectivity index (χ0n) is 17.4. The highest BCUT2D eigenvalue weighted by Crippen LogP contribution is 2.31. The van der Waals surface area contributed by atoms with Gasteiger partial charge in [0, 0.05) is 31.6 Å². The van der Waals surface area contributed by atoms with Crippen molar-refractivity contribution < 1.29 is 27.4 Å². The van der Waals surface area contributed by atoms with Crippen molar-refractivity contribution >= 4 is 11.6 Å². The van der Waals surface area contributed by atoms with Gasteiger partial charge >= 0.3 is 6.18 Å². The SMILES string of the molecule is CCOc1ccc(NCCNC(=O)c2cn(CC3CCCCO3)nc2C(F)(F)F)cc1. The summed E-state index contributed by atoms with van der Waals surface area (Å²) in [6.07, 6.45) is -1.08. The quantitative estimate of drug-likeness (QED) is 0.582. The molecule has 10 heteroatoms. The smallest absolute Gasteiger partial charge is 0.435 e. The van der Waals surface area contributed by atoms with E-state index in [2.05, 4.69) is 15.7 Å². The van der Waals surface area contributed by atoms with Gasteiger partial charge in [-0.1, -0.05) is 0 Å². The number of anilines is 1. The molecule has 0 radical (unpaired) electrons. The Morgan fingerprint density at radius 2 is 2.03 bits per heavy atom. The molecule has 1 atom stereocenters. The number of alkyl halides is 3. The molecule has 170 valence electrons. The Morgan fingerprint density at radius 1 is 1.26 bits per heavy atom. The maximum Gasteiger partial charge on any atom is 0.435 e. The predicted molar refractivity (Wildman–Crippen MR) is 109 cm³/mol. The molecule has 1 aliphatic rings. The highest BCUT2D eigenvalue weighted by Gasteiger charge is 2.39. The number of amides is 1. The molecule has 2 aromatic rings. The number of rotatable bonds is 9. The number of ether oxygens (including phenoxy) is 2. The second kappa shape index (κ2) is 10.5. The Kier molecular flexibility index (Phi) is 7.78. The van der Waals surface area contributed by atoms with E-state index >= 15 is 0 Å². The fraction of sp³-hybridized carbons (Fsp3) is 0.524. The van der Waals surface area contributed by atoms with Crippen molar-refractivity contribution in [1.82, 2.24) is 15.1 Å². The Hall–Kier alpha value is -2.75. The molecular formula is C21H27F3N4O3. The lowest BCUT2D eigenvalue weighted by Crippen LogP contribution is -2.30. The van der Waals surface area contributed by atoms with E-state index in [1.54, 1.807) is 0 Å². The molecule has 1 aromatic heterocycles. The molecule has 2 heterocycles. The van der Waals surface area contributed by atoms with Crippen molar-refractivity contribution in [2.75, 3.05) is 31.6 Å². The molecule has 1 fully saturated rings. The van der Waals surface area contributed by atoms with E-state index in [1.807, 2.05) is 31.2 Å². The van der Waals surface area contributed by atoms with E-state index in [4.69, 9.17) is 9.47 Å². The average Bonchev–Trinajstić information content (AvgIpc) is 3.18. The molecule has 1 saturated heterocycles. The molecule has 3 rings (SSSR count). The van der Waals surface area contributed by atoms with Crippen LogP contribution in [0.25, 0.3) is 0 Å². The second-order valence-corrected chi connectivity index (χ2v) is 7.24. The lowest BCUT2D eigenvalue weighted by atomic mass is 10.1. The second-order valence-electron chi connectivity index (χ2n) is 7.24. The van der Waals surface area contributed by atoms with Gasteiger partial charge in [-0.05, 0) is 50.5 Å². The number of nitrogens with one attached hydrogen (secondary N) is 2. The van der Waals surface area contributed by atoms with Gasteiger partial charge in [-0.2, -0.15) is 18.3 Å². The summed E-state index contributed by atoms with van der Waals surface area (Å²) in [4.78, 5) is 12.4. The van der Waals surface area contributed by atoms with Crippen molar-refractivity contribution in [3.8, 4) is 5.75 Å². The molecule has 0 bridgehead atoms. The van der Waals surface area contributed by atoms with Gasteiger partial charge in [0.05, 0.1) is 24.8 Å². The van der Waals surface area contributed by atoms with Gasteiger partial charge < -0.3 is 20.1 Å². The lowest BCUT2D eigenvalue weighted by molar-refractivity contribution is -0.142. The Morgan fingerprint density at radius 3 is 2.68 bits per heavy atom. The first-order valence-electron chi connectivity index (χ1n) is 10.4. The third kappa shape index (κ3) is 6.61. The lowest BCUT2D eigenvalue weighted by Gasteiger charge is -2.22. The van der Waals surface area contributed by atoms with Crippen LogP contribution in [0.1, 0.15) is 42.2 Å². The monoisotopic (exact) mass is 440 g/mol. The van der Waals surface area contributed by atoms with Gasteiger partial charge in [0.2, 0.25) is 0 Å². The summed E-state index contributed by atoms with van der Waals surface area (Å²) in [6.45, 7) is 3.75. The van der Waals surface area contributed by atoms with Crippen LogP contribution < -0.4 is 15.4 Å². The van der Waals surface area contributed by atoms with Gasteiger partial charge in [-0.25, -0.2) is 0 Å². The van der Waals surface area contributed by atoms with Crippen molar-refractivity contribution in [2.45, 2.75) is 45.0 Å². The Bertz CT molecular complexity index is 847. The standard InChI is InChI=1S/C21H27F3N4O3/c1-2-30-16-8-6-15(7-9-16)25-10-11-26-20(29)18-14-28(27-19(18)21(22,23)24)13-17-5-3-4-12-31-17/h6-9,14,17,25H,2-5,10-13H2,1H3,(H,26,29). The van der Waals surface area contributed by atoms with Crippen LogP contribution in [-0.4, -0.2) is 48.1 Å². The normalized spacial score (nSPS) is 16.7. The van der Waals surface area contributed by atoms with Gasteiger partial charge in [-0.15, -0.1) is 0 Å². The number of nitrogens with zero attached hydrogens (tertiary/aromatic N) is 2. The fourth-order valence-electron chi connectivity index (χ4n) is 3.36. The van der Waals surface area contributed by atoms with Crippen molar-refractivity contribution in [2.24, 2.45) is 0 Å². The summed E-state index contributed by atoms with van der Waals surface area (Å²) in [5, 5.41) is 9.23. The largest absolute Gasteiger partial charge is 0.494 e. The van der Waals surface area contributed by atoms with Crippen LogP contribution in [-0.2, 0) is 17.5 Å². The minimum Gasteiger partial charge on any atom is -0.494 e. The molecule has 2 N–H and O–H groups in total. The Labute approximate surface area is 178 Å². The van der Waals surface area contributed by atoms with Crippen molar-refractivity contribution in [1.29, 1.82) is 0 Å². The molecule has 1 aliphatic heterocycles. The molecular weight excluding hydrogens is 413 g/mol. The number of carbonyl (C=O) groups is 1. The molecule has 1 aromatic carbocycles. The zero-order valence-corrected chi connectivity index (χ0v) is 17.4. The molecule has 0 spiro atoms. The Balaban J connectivity index is 1.55. The average molecular weight is 440 g/mol. The zero-order chi connectivity index (χ0) is 22.3. The van der Waals surface area contributed by atoms with Gasteiger partial charge in [0.1, 0.15) is 5.75 Å². The van der Waals surface area contributed by atoms with Crippen LogP contribution in [0.3, 0.4) is 0 Å². The van der Waals surface area contributed by atoms with Crippen LogP contribution >= 0.6 is 0 Å². The van der Waals surface area contributed by atoms with E-state index in [1.165, 1.54) is 0 Å². The minimum absolute atomic E-state index is 0.153. The first kappa shape index (κ1) is 22.9. The highest BCUT2D eigenvalue weighted by molar-refractivity contribution is 5.95. The van der Waals surface area contributed by atoms with E-state index in [0.29, 0.717) is 19.8 Å². The van der Waals surface area contributed by atoms with E-state index < -0.39 is 23.3 Å². The summed E-state index contributed by atoms with van der Waals surface area (Å²) in [5.41, 5.74) is -0.848. The summed E-state index contributed by atoms with van der Waals surface area (Å²) < 4.78 is 52.2. The van der Waals surface area contributed by atoms with Gasteiger partial charge in [-0.3, -0.25) is 9.48 Å². The number of carbonyl (C=O) groups excluding carboxylic acids is 1. The van der Waals surface area contributed by atoms with Crippen LogP contribution in [0.15, 0.2) is 30.5 Å². The van der Waals surface area contributed by atoms with E-state index in [-0.39, 0.29) is 19.2 Å². The maximum absolute atomic E-state index is 13.4. The molecule has 0 saturated carbocycles. The van der Waals surface area contributed by atoms with Crippen molar-refractivity contribution in [3.05, 3.63) is 41.7 Å². The van der Waals surface area contributed by atoms with E-state index in [9.17, 15) is 18.0 Å². The number of hydrogen-bond donors (Lipinski definition) is 2. The summed E-state index contributed by atoms with van der Waals surface area (Å²) in [6, 6.07) is 7.27. The fourth-order valence-corrected chi connectivity index (χ4v) is 3.36. The number of hydrogen-bond acceptors (Lipinski definition) is 5. The maximum atomic E-state index is 13.4. The first-order chi connectivity index (χ1) is 14.9. The highest BCUT2D eigenvalue weighted by atomic mass is 19.4. The molecule has 0 aliphatic carbocycles. The molecule has 7 nitrogen and oxygen atoms in total. The minimum atomic E-state index is -4.72. The van der Waals surface area contributed by atoms with Crippen molar-refractivity contribution in [3.63, 3.8) is 0 Å². The number of halogens is 3. The molecule has 1 amide bonds. The molecule has 1 unspecified atom stereocenters. The summed E-state index contributed by atoms with van der Waals surface area (Å²) >= 11 is 0. The van der Waals surface area contributed by atoms with Gasteiger partial charge in [0.25, 0.3) is 5.91 Å². The summed E-state index contributed by atoms with van der Waals surface area (Å²) in [5.74, 6) is -0.0618. The third-order valence-electron chi connectivity index (χ3n) is 4.84. The number of aromatic nitrogens is 2. The predicted octanol–water partition coefficient (Wildman–Crippen LogP) is 3.71. The van der Waals surface area contributed by atoms with Crippen LogP contribution in [0.2, 0.25) is 0 Å². The van der Waals surface area contributed by atoms with E-state index in [0.717, 1.165) is 41.6 Å². The van der Waals surface area contributed by atoms with Gasteiger partial charge in [0.15, 0.2) is 5.69 Å². The third-order valence-corrected chi connectivity index (χ3v) is 4.84. The molecule has 31 heavy (non-hydrogen) atoms.